The number of rotatable bonds is 3. The third-order valence-electron chi connectivity index (χ3n) is 2.95. The number of likely N-dealkylation sites (tertiary alicyclic amines) is 1. The molecule has 0 aliphatic carbocycles. The first-order valence-corrected chi connectivity index (χ1v) is 5.61. The first-order valence-electron chi connectivity index (χ1n) is 5.61. The van der Waals surface area contributed by atoms with E-state index < -0.39 is 5.97 Å². The highest BCUT2D eigenvalue weighted by Crippen LogP contribution is 2.21. The molecule has 1 aromatic carbocycles. The summed E-state index contributed by atoms with van der Waals surface area (Å²) < 4.78 is 0. The van der Waals surface area contributed by atoms with Gasteiger partial charge in [0.15, 0.2) is 0 Å². The van der Waals surface area contributed by atoms with Gasteiger partial charge in [0.05, 0.1) is 18.1 Å². The Balaban J connectivity index is 1.97. The molecule has 5 nitrogen and oxygen atoms in total. The fraction of sp³-hybridized carbons (Fsp3) is 0.308. The number of amides is 1. The number of nitrogens with zero attached hydrogens (tertiary/aromatic N) is 2. The lowest BCUT2D eigenvalue weighted by atomic mass is 9.95. The van der Waals surface area contributed by atoms with Crippen molar-refractivity contribution >= 4 is 11.9 Å². The Morgan fingerprint density at radius 3 is 2.78 bits per heavy atom. The molecule has 0 unspecified atom stereocenters. The van der Waals surface area contributed by atoms with E-state index in [9.17, 15) is 9.59 Å². The zero-order chi connectivity index (χ0) is 13.1. The van der Waals surface area contributed by atoms with Crippen LogP contribution in [0.5, 0.6) is 0 Å². The van der Waals surface area contributed by atoms with Crippen molar-refractivity contribution in [2.24, 2.45) is 5.92 Å². The lowest BCUT2D eigenvalue weighted by Crippen LogP contribution is -2.50. The first-order chi connectivity index (χ1) is 8.60. The van der Waals surface area contributed by atoms with E-state index in [1.165, 1.54) is 0 Å². The van der Waals surface area contributed by atoms with E-state index in [0.29, 0.717) is 24.2 Å². The van der Waals surface area contributed by atoms with Gasteiger partial charge in [0.1, 0.15) is 0 Å². The molecule has 1 aliphatic heterocycles. The first kappa shape index (κ1) is 12.1. The highest BCUT2D eigenvalue weighted by atomic mass is 16.4. The van der Waals surface area contributed by atoms with Crippen LogP contribution in [-0.4, -0.2) is 35.0 Å². The largest absolute Gasteiger partial charge is 0.481 e. The van der Waals surface area contributed by atoms with Crippen molar-refractivity contribution in [1.29, 1.82) is 5.26 Å². The van der Waals surface area contributed by atoms with Gasteiger partial charge in [0.2, 0.25) is 0 Å². The van der Waals surface area contributed by atoms with Crippen molar-refractivity contribution in [2.75, 3.05) is 13.1 Å². The molecule has 1 aromatic rings. The van der Waals surface area contributed by atoms with Gasteiger partial charge in [-0.1, -0.05) is 6.07 Å². The molecule has 1 heterocycles. The molecule has 0 bridgehead atoms. The van der Waals surface area contributed by atoms with Gasteiger partial charge in [-0.2, -0.15) is 5.26 Å². The molecule has 0 saturated carbocycles. The zero-order valence-electron chi connectivity index (χ0n) is 9.67. The van der Waals surface area contributed by atoms with Crippen molar-refractivity contribution < 1.29 is 14.7 Å². The third kappa shape index (κ3) is 2.48. The van der Waals surface area contributed by atoms with Gasteiger partial charge in [-0.15, -0.1) is 0 Å². The quantitative estimate of drug-likeness (QED) is 0.863. The minimum atomic E-state index is -0.835. The summed E-state index contributed by atoms with van der Waals surface area (Å²) in [4.78, 5) is 24.1. The summed E-state index contributed by atoms with van der Waals surface area (Å²) in [6.07, 6.45) is 0.0992. The summed E-state index contributed by atoms with van der Waals surface area (Å²) in [7, 11) is 0. The van der Waals surface area contributed by atoms with Gasteiger partial charge < -0.3 is 10.0 Å². The van der Waals surface area contributed by atoms with E-state index in [2.05, 4.69) is 0 Å². The second-order valence-corrected chi connectivity index (χ2v) is 4.37. The summed E-state index contributed by atoms with van der Waals surface area (Å²) in [5, 5.41) is 17.4. The van der Waals surface area contributed by atoms with Crippen molar-refractivity contribution in [3.05, 3.63) is 35.4 Å². The van der Waals surface area contributed by atoms with Crippen LogP contribution >= 0.6 is 0 Å². The predicted octanol–water partition coefficient (Wildman–Crippen LogP) is 1.10. The van der Waals surface area contributed by atoms with Gasteiger partial charge in [-0.25, -0.2) is 0 Å². The van der Waals surface area contributed by atoms with Crippen molar-refractivity contribution in [2.45, 2.75) is 6.42 Å². The van der Waals surface area contributed by atoms with Crippen LogP contribution in [0.2, 0.25) is 0 Å². The van der Waals surface area contributed by atoms with Crippen molar-refractivity contribution in [3.8, 4) is 6.07 Å². The van der Waals surface area contributed by atoms with Gasteiger partial charge in [-0.3, -0.25) is 9.59 Å². The Bertz CT molecular complexity index is 527. The minimum absolute atomic E-state index is 0.0469. The molecular formula is C13H12N2O3. The predicted molar refractivity (Wildman–Crippen MR) is 62.8 cm³/mol. The van der Waals surface area contributed by atoms with Crippen LogP contribution in [0, 0.1) is 17.2 Å². The van der Waals surface area contributed by atoms with Gasteiger partial charge >= 0.3 is 5.97 Å². The molecule has 0 atom stereocenters. The van der Waals surface area contributed by atoms with Gasteiger partial charge in [0, 0.05) is 24.6 Å². The maximum Gasteiger partial charge on any atom is 0.303 e. The number of carbonyl (C=O) groups is 2. The fourth-order valence-corrected chi connectivity index (χ4v) is 2.02. The van der Waals surface area contributed by atoms with Crippen LogP contribution in [0.3, 0.4) is 0 Å². The summed E-state index contributed by atoms with van der Waals surface area (Å²) in [6.45, 7) is 0.948. The molecule has 0 aromatic heterocycles. The van der Waals surface area contributed by atoms with Crippen LogP contribution in [-0.2, 0) is 4.79 Å². The molecule has 5 heteroatoms. The number of aliphatic carboxylic acids is 1. The SMILES string of the molecule is N#Cc1cccc(C(=O)N2CC(CC(=O)O)C2)c1. The van der Waals surface area contributed by atoms with E-state index in [4.69, 9.17) is 10.4 Å². The zero-order valence-corrected chi connectivity index (χ0v) is 9.67. The molecule has 1 aliphatic rings. The van der Waals surface area contributed by atoms with Crippen LogP contribution in [0.1, 0.15) is 22.3 Å². The molecule has 0 spiro atoms. The third-order valence-corrected chi connectivity index (χ3v) is 2.95. The lowest BCUT2D eigenvalue weighted by Gasteiger charge is -2.38. The Kier molecular flexibility index (Phi) is 3.28. The maximum absolute atomic E-state index is 12.0. The van der Waals surface area contributed by atoms with Crippen LogP contribution < -0.4 is 0 Å². The van der Waals surface area contributed by atoms with Gasteiger partial charge in [-0.05, 0) is 18.2 Å². The van der Waals surface area contributed by atoms with E-state index in [1.54, 1.807) is 29.2 Å². The van der Waals surface area contributed by atoms with Crippen molar-refractivity contribution in [1.82, 2.24) is 4.90 Å². The number of carboxylic acids is 1. The second-order valence-electron chi connectivity index (χ2n) is 4.37. The fourth-order valence-electron chi connectivity index (χ4n) is 2.02. The molecule has 18 heavy (non-hydrogen) atoms. The molecule has 1 fully saturated rings. The monoisotopic (exact) mass is 244 g/mol. The molecule has 2 rings (SSSR count). The molecular weight excluding hydrogens is 232 g/mol. The smallest absolute Gasteiger partial charge is 0.303 e. The van der Waals surface area contributed by atoms with Crippen molar-refractivity contribution in [3.63, 3.8) is 0 Å². The highest BCUT2D eigenvalue weighted by molar-refractivity contribution is 5.95. The number of nitriles is 1. The molecule has 92 valence electrons. The van der Waals surface area contributed by atoms with Crippen LogP contribution in [0.25, 0.3) is 0 Å². The average Bonchev–Trinajstić information content (AvgIpc) is 2.32. The Morgan fingerprint density at radius 1 is 1.44 bits per heavy atom. The summed E-state index contributed by atoms with van der Waals surface area (Å²) in [5.74, 6) is -0.932. The van der Waals surface area contributed by atoms with E-state index in [0.717, 1.165) is 0 Å². The highest BCUT2D eigenvalue weighted by Gasteiger charge is 2.32. The standard InChI is InChI=1S/C13H12N2O3/c14-6-9-2-1-3-11(4-9)13(18)15-7-10(8-15)5-12(16)17/h1-4,10H,5,7-8H2,(H,16,17). The molecule has 0 radical (unpaired) electrons. The minimum Gasteiger partial charge on any atom is -0.481 e. The Hall–Kier alpha value is -2.35. The van der Waals surface area contributed by atoms with E-state index in [1.807, 2.05) is 6.07 Å². The number of hydrogen-bond acceptors (Lipinski definition) is 3. The summed E-state index contributed by atoms with van der Waals surface area (Å²) >= 11 is 0. The van der Waals surface area contributed by atoms with Gasteiger partial charge in [0.25, 0.3) is 5.91 Å². The number of carboxylic acid groups (broad SMARTS) is 1. The Morgan fingerprint density at radius 2 is 2.17 bits per heavy atom. The summed E-state index contributed by atoms with van der Waals surface area (Å²) in [5.41, 5.74) is 0.922. The molecule has 1 amide bonds. The maximum atomic E-state index is 12.0. The lowest BCUT2D eigenvalue weighted by molar-refractivity contribution is -0.139. The second kappa shape index (κ2) is 4.88. The van der Waals surface area contributed by atoms with E-state index in [-0.39, 0.29) is 18.2 Å². The van der Waals surface area contributed by atoms with Crippen LogP contribution in [0.15, 0.2) is 24.3 Å². The molecule has 1 N–H and O–H groups in total. The number of carbonyl (C=O) groups excluding carboxylic acids is 1. The topological polar surface area (TPSA) is 81.4 Å². The van der Waals surface area contributed by atoms with Crippen LogP contribution in [0.4, 0.5) is 0 Å². The number of hydrogen-bond donors (Lipinski definition) is 1. The molecule has 1 saturated heterocycles. The number of benzene rings is 1. The Labute approximate surface area is 104 Å². The van der Waals surface area contributed by atoms with E-state index >= 15 is 0 Å². The normalized spacial score (nSPS) is 14.7. The summed E-state index contributed by atoms with van der Waals surface area (Å²) in [6, 6.07) is 8.50. The average molecular weight is 244 g/mol.